The summed E-state index contributed by atoms with van der Waals surface area (Å²) >= 11 is 0. The van der Waals surface area contributed by atoms with Crippen LogP contribution >= 0.6 is 7.82 Å². The van der Waals surface area contributed by atoms with Gasteiger partial charge in [-0.1, -0.05) is 0 Å². The molecule has 0 fully saturated rings. The molecule has 0 aromatic heterocycles. The zero-order valence-electron chi connectivity index (χ0n) is 10.7. The van der Waals surface area contributed by atoms with Crippen molar-refractivity contribution in [2.24, 2.45) is 0 Å². The van der Waals surface area contributed by atoms with E-state index in [1.54, 1.807) is 6.92 Å². The smallest absolute Gasteiger partial charge is 0.379 e. The van der Waals surface area contributed by atoms with Crippen molar-refractivity contribution in [2.75, 3.05) is 48.0 Å². The van der Waals surface area contributed by atoms with Gasteiger partial charge in [0.2, 0.25) is 0 Å². The van der Waals surface area contributed by atoms with E-state index in [2.05, 4.69) is 0 Å². The van der Waals surface area contributed by atoms with Crippen molar-refractivity contribution in [3.63, 3.8) is 0 Å². The molecule has 98 valence electrons. The van der Waals surface area contributed by atoms with E-state index >= 15 is 0 Å². The second kappa shape index (κ2) is 6.69. The lowest BCUT2D eigenvalue weighted by molar-refractivity contribution is -0.870. The molecule has 0 saturated heterocycles. The molecule has 0 heterocycles. The summed E-state index contributed by atoms with van der Waals surface area (Å²) < 4.78 is 26.5. The van der Waals surface area contributed by atoms with Crippen LogP contribution in [0.3, 0.4) is 0 Å². The highest BCUT2D eigenvalue weighted by Crippen LogP contribution is 2.43. The molecule has 0 rings (SSSR count). The molecule has 0 aromatic carbocycles. The Morgan fingerprint density at radius 3 is 2.31 bits per heavy atom. The molecule has 7 heteroatoms. The van der Waals surface area contributed by atoms with E-state index in [0.29, 0.717) is 11.0 Å². The first kappa shape index (κ1) is 16.0. The summed E-state index contributed by atoms with van der Waals surface area (Å²) in [5.41, 5.74) is 0. The number of quaternary nitrogens is 1. The number of ether oxygens (including phenoxy) is 1. The molecule has 0 bridgehead atoms. The van der Waals surface area contributed by atoms with Crippen LogP contribution in [-0.4, -0.2) is 63.5 Å². The summed E-state index contributed by atoms with van der Waals surface area (Å²) in [5.74, 6) is 0. The van der Waals surface area contributed by atoms with Gasteiger partial charge in [0, 0.05) is 7.11 Å². The Hall–Kier alpha value is 0.0300. The number of phosphoric ester groups is 1. The van der Waals surface area contributed by atoms with Crippen LogP contribution in [0.2, 0.25) is 0 Å². The molecular formula is C9H23NO5P+. The van der Waals surface area contributed by atoms with Crippen molar-refractivity contribution in [1.82, 2.24) is 0 Å². The largest absolute Gasteiger partial charge is 0.472 e. The van der Waals surface area contributed by atoms with Crippen LogP contribution in [0.5, 0.6) is 0 Å². The Morgan fingerprint density at radius 2 is 1.88 bits per heavy atom. The molecule has 16 heavy (non-hydrogen) atoms. The van der Waals surface area contributed by atoms with E-state index < -0.39 is 7.82 Å². The number of methoxy groups -OCH3 is 1. The first-order chi connectivity index (χ1) is 7.16. The third-order valence-corrected chi connectivity index (χ3v) is 2.88. The van der Waals surface area contributed by atoms with Crippen molar-refractivity contribution in [1.29, 1.82) is 0 Å². The second-order valence-electron chi connectivity index (χ2n) is 4.66. The van der Waals surface area contributed by atoms with E-state index in [0.717, 1.165) is 0 Å². The van der Waals surface area contributed by atoms with Crippen molar-refractivity contribution >= 4 is 7.82 Å². The summed E-state index contributed by atoms with van der Waals surface area (Å²) in [5, 5.41) is 0. The van der Waals surface area contributed by atoms with Crippen LogP contribution in [0.15, 0.2) is 0 Å². The molecule has 0 aliphatic heterocycles. The highest BCUT2D eigenvalue weighted by atomic mass is 31.2. The highest BCUT2D eigenvalue weighted by molar-refractivity contribution is 7.47. The third-order valence-electron chi connectivity index (χ3n) is 1.89. The van der Waals surface area contributed by atoms with Crippen molar-refractivity contribution in [3.8, 4) is 0 Å². The molecule has 0 radical (unpaired) electrons. The fourth-order valence-electron chi connectivity index (χ4n) is 0.735. The standard InChI is InChI=1S/C9H22NO5P/c1-9(13-5)8-15-16(11,12)14-7-6-10(2,3)4/h9H,6-8H2,1-5H3/p+1. The monoisotopic (exact) mass is 256 g/mol. The first-order valence-corrected chi connectivity index (χ1v) is 6.61. The lowest BCUT2D eigenvalue weighted by Gasteiger charge is -2.24. The minimum Gasteiger partial charge on any atom is -0.379 e. The fraction of sp³-hybridized carbons (Fsp3) is 1.00. The van der Waals surface area contributed by atoms with Crippen molar-refractivity contribution < 1.29 is 27.7 Å². The van der Waals surface area contributed by atoms with Crippen LogP contribution < -0.4 is 0 Å². The minimum absolute atomic E-state index is 0.0364. The maximum atomic E-state index is 11.4. The predicted octanol–water partition coefficient (Wildman–Crippen LogP) is 0.861. The molecule has 0 aliphatic rings. The molecule has 2 unspecified atom stereocenters. The Labute approximate surface area is 97.3 Å². The molecule has 0 aromatic rings. The normalized spacial score (nSPS) is 18.1. The summed E-state index contributed by atoms with van der Waals surface area (Å²) in [4.78, 5) is 9.30. The number of hydrogen-bond acceptors (Lipinski definition) is 4. The molecule has 1 N–H and O–H groups in total. The van der Waals surface area contributed by atoms with Gasteiger partial charge in [0.05, 0.1) is 33.9 Å². The van der Waals surface area contributed by atoms with Gasteiger partial charge in [0.25, 0.3) is 0 Å². The fourth-order valence-corrected chi connectivity index (χ4v) is 1.52. The Morgan fingerprint density at radius 1 is 1.31 bits per heavy atom. The lowest BCUT2D eigenvalue weighted by Crippen LogP contribution is -2.37. The molecule has 6 nitrogen and oxygen atoms in total. The quantitative estimate of drug-likeness (QED) is 0.515. The molecule has 0 aliphatic carbocycles. The average molecular weight is 256 g/mol. The van der Waals surface area contributed by atoms with Gasteiger partial charge in [0.1, 0.15) is 13.2 Å². The van der Waals surface area contributed by atoms with Gasteiger partial charge in [-0.15, -0.1) is 0 Å². The first-order valence-electron chi connectivity index (χ1n) is 5.11. The van der Waals surface area contributed by atoms with Gasteiger partial charge < -0.3 is 14.1 Å². The van der Waals surface area contributed by atoms with Crippen LogP contribution in [0, 0.1) is 0 Å². The number of rotatable bonds is 8. The van der Waals surface area contributed by atoms with Crippen molar-refractivity contribution in [2.45, 2.75) is 13.0 Å². The zero-order valence-corrected chi connectivity index (χ0v) is 11.6. The molecule has 2 atom stereocenters. The van der Waals surface area contributed by atoms with Crippen molar-refractivity contribution in [3.05, 3.63) is 0 Å². The number of phosphoric acid groups is 1. The number of likely N-dealkylation sites (N-methyl/N-ethyl adjacent to an activating group) is 1. The van der Waals surface area contributed by atoms with Crippen LogP contribution in [0.1, 0.15) is 6.92 Å². The Balaban J connectivity index is 3.83. The molecular weight excluding hydrogens is 233 g/mol. The highest BCUT2D eigenvalue weighted by Gasteiger charge is 2.23. The van der Waals surface area contributed by atoms with E-state index in [-0.39, 0.29) is 19.3 Å². The van der Waals surface area contributed by atoms with Gasteiger partial charge in [-0.3, -0.25) is 9.05 Å². The van der Waals surface area contributed by atoms with E-state index in [1.165, 1.54) is 7.11 Å². The number of nitrogens with zero attached hydrogens (tertiary/aromatic N) is 1. The number of hydrogen-bond donors (Lipinski definition) is 1. The SMILES string of the molecule is COC(C)COP(=O)(O)OCC[N+](C)(C)C. The molecule has 0 amide bonds. The average Bonchev–Trinajstić information content (AvgIpc) is 2.12. The summed E-state index contributed by atoms with van der Waals surface area (Å²) in [6, 6.07) is 0. The molecule has 0 spiro atoms. The van der Waals surface area contributed by atoms with Crippen LogP contribution in [-0.2, 0) is 18.3 Å². The second-order valence-corrected chi connectivity index (χ2v) is 6.11. The van der Waals surface area contributed by atoms with Gasteiger partial charge in [-0.2, -0.15) is 0 Å². The maximum Gasteiger partial charge on any atom is 0.472 e. The predicted molar refractivity (Wildman–Crippen MR) is 61.1 cm³/mol. The summed E-state index contributed by atoms with van der Waals surface area (Å²) in [6.45, 7) is 2.59. The summed E-state index contributed by atoms with van der Waals surface area (Å²) in [7, 11) is 3.49. The minimum atomic E-state index is -3.94. The third kappa shape index (κ3) is 9.27. The summed E-state index contributed by atoms with van der Waals surface area (Å²) in [6.07, 6.45) is -0.234. The van der Waals surface area contributed by atoms with E-state index in [1.807, 2.05) is 21.1 Å². The van der Waals surface area contributed by atoms with Gasteiger partial charge in [0.15, 0.2) is 0 Å². The topological polar surface area (TPSA) is 65.0 Å². The Bertz CT molecular complexity index is 241. The van der Waals surface area contributed by atoms with Gasteiger partial charge in [-0.25, -0.2) is 4.57 Å². The van der Waals surface area contributed by atoms with E-state index in [9.17, 15) is 9.46 Å². The van der Waals surface area contributed by atoms with Gasteiger partial charge in [-0.05, 0) is 6.92 Å². The zero-order chi connectivity index (χ0) is 12.8. The van der Waals surface area contributed by atoms with Crippen LogP contribution in [0.25, 0.3) is 0 Å². The molecule has 0 saturated carbocycles. The van der Waals surface area contributed by atoms with E-state index in [4.69, 9.17) is 13.8 Å². The maximum absolute atomic E-state index is 11.4. The lowest BCUT2D eigenvalue weighted by atomic mass is 10.4. The Kier molecular flexibility index (Phi) is 6.70. The van der Waals surface area contributed by atoms with Crippen LogP contribution in [0.4, 0.5) is 0 Å². The van der Waals surface area contributed by atoms with Gasteiger partial charge >= 0.3 is 7.82 Å².